The third kappa shape index (κ3) is 2.04. The van der Waals surface area contributed by atoms with Gasteiger partial charge in [0.25, 0.3) is 0 Å². The number of fused-ring (bicyclic) bond motifs is 1. The summed E-state index contributed by atoms with van der Waals surface area (Å²) < 4.78 is 5.36. The number of nitrogens with one attached hydrogen (secondary N) is 1. The molecule has 1 atom stereocenters. The van der Waals surface area contributed by atoms with E-state index in [0.717, 1.165) is 5.52 Å². The summed E-state index contributed by atoms with van der Waals surface area (Å²) in [7, 11) is 0. The van der Waals surface area contributed by atoms with Crippen LogP contribution in [0.3, 0.4) is 0 Å². The number of oxazole rings is 1. The van der Waals surface area contributed by atoms with E-state index < -0.39 is 6.04 Å². The molecule has 5 nitrogen and oxygen atoms in total. The van der Waals surface area contributed by atoms with E-state index in [9.17, 15) is 4.79 Å². The fraction of sp³-hybridized carbons (Fsp3) is 0.273. The number of hydrogen-bond acceptors (Lipinski definition) is 4. The molecule has 0 radical (unpaired) electrons. The minimum absolute atomic E-state index is 0.226. The van der Waals surface area contributed by atoms with Crippen molar-refractivity contribution in [3.8, 4) is 0 Å². The van der Waals surface area contributed by atoms with Crippen LogP contribution in [0.15, 0.2) is 22.6 Å². The van der Waals surface area contributed by atoms with Crippen molar-refractivity contribution in [3.05, 3.63) is 24.1 Å². The molecule has 0 saturated heterocycles. The van der Waals surface area contributed by atoms with E-state index in [4.69, 9.17) is 10.2 Å². The zero-order valence-electron chi connectivity index (χ0n) is 9.15. The monoisotopic (exact) mass is 219 g/mol. The van der Waals surface area contributed by atoms with Crippen molar-refractivity contribution < 1.29 is 9.21 Å². The Morgan fingerprint density at radius 1 is 1.56 bits per heavy atom. The van der Waals surface area contributed by atoms with Gasteiger partial charge in [0.1, 0.15) is 5.52 Å². The lowest BCUT2D eigenvalue weighted by molar-refractivity contribution is -0.117. The SMILES string of the molecule is Cc1nc2ccc(NC(=O)[C@H](C)N)cc2o1. The Morgan fingerprint density at radius 2 is 2.31 bits per heavy atom. The summed E-state index contributed by atoms with van der Waals surface area (Å²) in [5.74, 6) is 0.376. The molecule has 0 saturated carbocycles. The summed E-state index contributed by atoms with van der Waals surface area (Å²) in [6.45, 7) is 3.41. The number of benzene rings is 1. The summed E-state index contributed by atoms with van der Waals surface area (Å²) >= 11 is 0. The van der Waals surface area contributed by atoms with E-state index in [0.29, 0.717) is 17.2 Å². The van der Waals surface area contributed by atoms with Crippen molar-refractivity contribution in [1.29, 1.82) is 0 Å². The van der Waals surface area contributed by atoms with Crippen molar-refractivity contribution in [3.63, 3.8) is 0 Å². The molecule has 0 aliphatic carbocycles. The zero-order valence-corrected chi connectivity index (χ0v) is 9.15. The van der Waals surface area contributed by atoms with E-state index in [1.165, 1.54) is 0 Å². The van der Waals surface area contributed by atoms with Crippen molar-refractivity contribution in [1.82, 2.24) is 4.98 Å². The second-order valence-electron chi connectivity index (χ2n) is 3.69. The van der Waals surface area contributed by atoms with Gasteiger partial charge < -0.3 is 15.5 Å². The number of amides is 1. The summed E-state index contributed by atoms with van der Waals surface area (Å²) in [5.41, 5.74) is 7.54. The van der Waals surface area contributed by atoms with Gasteiger partial charge in [-0.15, -0.1) is 0 Å². The molecule has 5 heteroatoms. The standard InChI is InChI=1S/C11H13N3O2/c1-6(12)11(15)14-8-3-4-9-10(5-8)16-7(2)13-9/h3-6H,12H2,1-2H3,(H,14,15)/t6-/m0/s1. The van der Waals surface area contributed by atoms with Crippen molar-refractivity contribution in [2.75, 3.05) is 5.32 Å². The Hall–Kier alpha value is -1.88. The van der Waals surface area contributed by atoms with Crippen LogP contribution >= 0.6 is 0 Å². The summed E-state index contributed by atoms with van der Waals surface area (Å²) in [5, 5.41) is 2.69. The fourth-order valence-electron chi connectivity index (χ4n) is 1.37. The number of nitrogens with zero attached hydrogens (tertiary/aromatic N) is 1. The fourth-order valence-corrected chi connectivity index (χ4v) is 1.37. The summed E-state index contributed by atoms with van der Waals surface area (Å²) in [6.07, 6.45) is 0. The van der Waals surface area contributed by atoms with E-state index in [-0.39, 0.29) is 5.91 Å². The lowest BCUT2D eigenvalue weighted by atomic mass is 10.2. The van der Waals surface area contributed by atoms with Gasteiger partial charge in [-0.2, -0.15) is 0 Å². The molecule has 1 aromatic carbocycles. The maximum Gasteiger partial charge on any atom is 0.241 e. The maximum atomic E-state index is 11.4. The number of anilines is 1. The molecule has 16 heavy (non-hydrogen) atoms. The Kier molecular flexibility index (Phi) is 2.62. The zero-order chi connectivity index (χ0) is 11.7. The first-order valence-corrected chi connectivity index (χ1v) is 5.00. The molecule has 0 bridgehead atoms. The van der Waals surface area contributed by atoms with Crippen LogP contribution in [0.2, 0.25) is 0 Å². The maximum absolute atomic E-state index is 11.4. The number of nitrogens with two attached hydrogens (primary N) is 1. The van der Waals surface area contributed by atoms with Crippen LogP contribution in [0, 0.1) is 6.92 Å². The molecule has 0 spiro atoms. The number of carbonyl (C=O) groups is 1. The number of hydrogen-bond donors (Lipinski definition) is 2. The van der Waals surface area contributed by atoms with Crippen molar-refractivity contribution in [2.45, 2.75) is 19.9 Å². The van der Waals surface area contributed by atoms with Gasteiger partial charge in [0.15, 0.2) is 11.5 Å². The molecule has 84 valence electrons. The minimum atomic E-state index is -0.535. The molecule has 2 aromatic rings. The first kappa shape index (κ1) is 10.6. The highest BCUT2D eigenvalue weighted by Gasteiger charge is 2.09. The molecule has 0 aliphatic rings. The lowest BCUT2D eigenvalue weighted by Gasteiger charge is -2.06. The van der Waals surface area contributed by atoms with Gasteiger partial charge in [0.05, 0.1) is 6.04 Å². The molecular weight excluding hydrogens is 206 g/mol. The highest BCUT2D eigenvalue weighted by atomic mass is 16.3. The predicted octanol–water partition coefficient (Wildman–Crippen LogP) is 1.42. The van der Waals surface area contributed by atoms with Gasteiger partial charge in [-0.1, -0.05) is 0 Å². The van der Waals surface area contributed by atoms with Crippen molar-refractivity contribution in [2.24, 2.45) is 5.73 Å². The molecule has 2 rings (SSSR count). The van der Waals surface area contributed by atoms with Crippen LogP contribution in [-0.4, -0.2) is 16.9 Å². The normalized spacial score (nSPS) is 12.7. The van der Waals surface area contributed by atoms with E-state index >= 15 is 0 Å². The lowest BCUT2D eigenvalue weighted by Crippen LogP contribution is -2.32. The minimum Gasteiger partial charge on any atom is -0.441 e. The van der Waals surface area contributed by atoms with Crippen LogP contribution in [0.25, 0.3) is 11.1 Å². The third-order valence-electron chi connectivity index (χ3n) is 2.18. The van der Waals surface area contributed by atoms with E-state index in [1.54, 1.807) is 32.0 Å². The molecule has 1 amide bonds. The van der Waals surface area contributed by atoms with Gasteiger partial charge in [-0.25, -0.2) is 4.98 Å². The molecule has 0 fully saturated rings. The quantitative estimate of drug-likeness (QED) is 0.800. The molecular formula is C11H13N3O2. The van der Waals surface area contributed by atoms with Gasteiger partial charge in [-0.3, -0.25) is 4.79 Å². The Morgan fingerprint density at radius 3 is 3.00 bits per heavy atom. The number of carbonyl (C=O) groups excluding carboxylic acids is 1. The number of aromatic nitrogens is 1. The smallest absolute Gasteiger partial charge is 0.241 e. The molecule has 0 aliphatic heterocycles. The first-order chi connectivity index (χ1) is 7.56. The largest absolute Gasteiger partial charge is 0.441 e. The van der Waals surface area contributed by atoms with Gasteiger partial charge >= 0.3 is 0 Å². The second kappa shape index (κ2) is 3.94. The Labute approximate surface area is 92.6 Å². The average molecular weight is 219 g/mol. The molecule has 1 heterocycles. The highest BCUT2D eigenvalue weighted by molar-refractivity contribution is 5.95. The number of aryl methyl sites for hydroxylation is 1. The Bertz CT molecular complexity index is 531. The van der Waals surface area contributed by atoms with Gasteiger partial charge in [0, 0.05) is 18.7 Å². The molecule has 0 unspecified atom stereocenters. The van der Waals surface area contributed by atoms with E-state index in [2.05, 4.69) is 10.3 Å². The highest BCUT2D eigenvalue weighted by Crippen LogP contribution is 2.19. The Balaban J connectivity index is 2.29. The third-order valence-corrected chi connectivity index (χ3v) is 2.18. The molecule has 3 N–H and O–H groups in total. The van der Waals surface area contributed by atoms with Crippen LogP contribution in [-0.2, 0) is 4.79 Å². The predicted molar refractivity (Wildman–Crippen MR) is 61.0 cm³/mol. The summed E-state index contributed by atoms with van der Waals surface area (Å²) in [4.78, 5) is 15.5. The first-order valence-electron chi connectivity index (χ1n) is 5.00. The topological polar surface area (TPSA) is 81.2 Å². The van der Waals surface area contributed by atoms with Crippen LogP contribution < -0.4 is 11.1 Å². The van der Waals surface area contributed by atoms with Crippen molar-refractivity contribution >= 4 is 22.7 Å². The second-order valence-corrected chi connectivity index (χ2v) is 3.69. The van der Waals surface area contributed by atoms with Crippen LogP contribution in [0.5, 0.6) is 0 Å². The molecule has 1 aromatic heterocycles. The van der Waals surface area contributed by atoms with E-state index in [1.807, 2.05) is 0 Å². The van der Waals surface area contributed by atoms with Gasteiger partial charge in [0.2, 0.25) is 5.91 Å². The van der Waals surface area contributed by atoms with Crippen LogP contribution in [0.1, 0.15) is 12.8 Å². The summed E-state index contributed by atoms with van der Waals surface area (Å²) in [6, 6.07) is 4.76. The number of rotatable bonds is 2. The average Bonchev–Trinajstić information content (AvgIpc) is 2.57. The van der Waals surface area contributed by atoms with Crippen LogP contribution in [0.4, 0.5) is 5.69 Å². The van der Waals surface area contributed by atoms with Gasteiger partial charge in [-0.05, 0) is 19.1 Å².